The number of hydrogen-bond donors (Lipinski definition) is 0. The molecule has 0 saturated carbocycles. The fraction of sp³-hybridized carbons (Fsp3) is 0.158. The molecule has 3 aromatic rings. The molecule has 0 aliphatic carbocycles. The van der Waals surface area contributed by atoms with Crippen molar-refractivity contribution in [3.05, 3.63) is 94.9 Å². The van der Waals surface area contributed by atoms with Crippen LogP contribution in [0.4, 0.5) is 0 Å². The van der Waals surface area contributed by atoms with Gasteiger partial charge in [-0.15, -0.1) is 11.6 Å². The quantitative estimate of drug-likeness (QED) is 0.579. The smallest absolute Gasteiger partial charge is 0.101 e. The van der Waals surface area contributed by atoms with Crippen LogP contribution in [0.1, 0.15) is 33.4 Å². The molecule has 0 aliphatic rings. The highest BCUT2D eigenvalue weighted by atomic mass is 35.5. The van der Waals surface area contributed by atoms with Crippen molar-refractivity contribution in [2.24, 2.45) is 0 Å². The molecule has 1 heterocycles. The molecule has 1 nitrogen and oxygen atoms in total. The van der Waals surface area contributed by atoms with Gasteiger partial charge in [0, 0.05) is 5.56 Å². The van der Waals surface area contributed by atoms with E-state index in [2.05, 4.69) is 48.5 Å². The Morgan fingerprint density at radius 2 is 1.57 bits per heavy atom. The monoisotopic (exact) mass is 296 g/mol. The van der Waals surface area contributed by atoms with Crippen molar-refractivity contribution in [3.8, 4) is 0 Å². The highest BCUT2D eigenvalue weighted by Crippen LogP contribution is 2.30. The Balaban J connectivity index is 1.75. The first kappa shape index (κ1) is 14.0. The molecular formula is C19H17ClO. The number of halogens is 1. The number of benzene rings is 2. The lowest BCUT2D eigenvalue weighted by Crippen LogP contribution is -1.93. The van der Waals surface area contributed by atoms with Crippen molar-refractivity contribution < 1.29 is 4.42 Å². The number of hydrogen-bond acceptors (Lipinski definition) is 1. The van der Waals surface area contributed by atoms with E-state index in [0.717, 1.165) is 23.3 Å². The number of aryl methyl sites for hydroxylation is 1. The van der Waals surface area contributed by atoms with E-state index in [1.165, 1.54) is 11.1 Å². The van der Waals surface area contributed by atoms with Crippen LogP contribution < -0.4 is 0 Å². The maximum atomic E-state index is 6.50. The minimum absolute atomic E-state index is 0.159. The molecule has 2 aromatic carbocycles. The fourth-order valence-electron chi connectivity index (χ4n) is 2.43. The van der Waals surface area contributed by atoms with E-state index in [4.69, 9.17) is 16.0 Å². The second-order valence-electron chi connectivity index (χ2n) is 5.26. The van der Waals surface area contributed by atoms with Gasteiger partial charge in [0.05, 0.1) is 11.6 Å². The average molecular weight is 297 g/mol. The molecule has 0 amide bonds. The van der Waals surface area contributed by atoms with Gasteiger partial charge in [0.25, 0.3) is 0 Å². The van der Waals surface area contributed by atoms with Crippen molar-refractivity contribution in [2.45, 2.75) is 18.7 Å². The third-order valence-corrected chi connectivity index (χ3v) is 4.07. The Bertz CT molecular complexity index is 698. The fourth-order valence-corrected chi connectivity index (χ4v) is 2.69. The van der Waals surface area contributed by atoms with Gasteiger partial charge in [0.1, 0.15) is 5.76 Å². The molecule has 1 atom stereocenters. The first-order valence-corrected chi connectivity index (χ1v) is 7.48. The van der Waals surface area contributed by atoms with E-state index < -0.39 is 0 Å². The number of furan rings is 1. The predicted molar refractivity (Wildman–Crippen MR) is 86.8 cm³/mol. The van der Waals surface area contributed by atoms with Gasteiger partial charge >= 0.3 is 0 Å². The molecule has 106 valence electrons. The van der Waals surface area contributed by atoms with Crippen molar-refractivity contribution in [1.29, 1.82) is 0 Å². The zero-order valence-electron chi connectivity index (χ0n) is 11.9. The lowest BCUT2D eigenvalue weighted by atomic mass is 10.0. The molecule has 0 N–H and O–H groups in total. The SMILES string of the molecule is Cc1cc(C(Cl)c2ccc(Cc3ccccc3)cc2)co1. The molecule has 0 radical (unpaired) electrons. The van der Waals surface area contributed by atoms with Crippen LogP contribution in [0.2, 0.25) is 0 Å². The summed E-state index contributed by atoms with van der Waals surface area (Å²) in [5.74, 6) is 0.886. The predicted octanol–water partition coefficient (Wildman–Crippen LogP) is 5.51. The van der Waals surface area contributed by atoms with E-state index in [1.807, 2.05) is 19.1 Å². The van der Waals surface area contributed by atoms with E-state index in [0.29, 0.717) is 0 Å². The Morgan fingerprint density at radius 3 is 2.19 bits per heavy atom. The zero-order valence-corrected chi connectivity index (χ0v) is 12.7. The van der Waals surface area contributed by atoms with Gasteiger partial charge in [-0.3, -0.25) is 0 Å². The first-order valence-electron chi connectivity index (χ1n) is 7.04. The molecule has 3 rings (SSSR count). The molecule has 0 aliphatic heterocycles. The molecule has 0 spiro atoms. The van der Waals surface area contributed by atoms with Gasteiger partial charge in [-0.2, -0.15) is 0 Å². The van der Waals surface area contributed by atoms with Crippen LogP contribution in [-0.2, 0) is 6.42 Å². The lowest BCUT2D eigenvalue weighted by molar-refractivity contribution is 0.532. The maximum absolute atomic E-state index is 6.50. The molecule has 0 fully saturated rings. The highest BCUT2D eigenvalue weighted by Gasteiger charge is 2.12. The zero-order chi connectivity index (χ0) is 14.7. The topological polar surface area (TPSA) is 13.1 Å². The minimum atomic E-state index is -0.159. The van der Waals surface area contributed by atoms with Crippen molar-refractivity contribution in [3.63, 3.8) is 0 Å². The normalized spacial score (nSPS) is 12.3. The van der Waals surface area contributed by atoms with E-state index in [-0.39, 0.29) is 5.38 Å². The Kier molecular flexibility index (Phi) is 4.12. The Hall–Kier alpha value is -1.99. The summed E-state index contributed by atoms with van der Waals surface area (Å²) in [6.45, 7) is 1.93. The summed E-state index contributed by atoms with van der Waals surface area (Å²) in [6, 6.07) is 20.9. The Morgan fingerprint density at radius 1 is 0.905 bits per heavy atom. The molecule has 1 aromatic heterocycles. The van der Waals surface area contributed by atoms with Crippen molar-refractivity contribution in [1.82, 2.24) is 0 Å². The largest absolute Gasteiger partial charge is 0.469 e. The van der Waals surface area contributed by atoms with Crippen molar-refractivity contribution in [2.75, 3.05) is 0 Å². The Labute approximate surface area is 130 Å². The summed E-state index contributed by atoms with van der Waals surface area (Å²) < 4.78 is 5.33. The van der Waals surface area contributed by atoms with Gasteiger partial charge in [0.15, 0.2) is 0 Å². The molecule has 0 bridgehead atoms. The van der Waals surface area contributed by atoms with E-state index in [9.17, 15) is 0 Å². The third-order valence-electron chi connectivity index (χ3n) is 3.57. The van der Waals surface area contributed by atoms with E-state index in [1.54, 1.807) is 6.26 Å². The molecule has 1 unspecified atom stereocenters. The van der Waals surface area contributed by atoms with Crippen molar-refractivity contribution >= 4 is 11.6 Å². The first-order chi connectivity index (χ1) is 10.2. The van der Waals surface area contributed by atoms with E-state index >= 15 is 0 Å². The summed E-state index contributed by atoms with van der Waals surface area (Å²) >= 11 is 6.50. The molecule has 21 heavy (non-hydrogen) atoms. The van der Waals surface area contributed by atoms with Gasteiger partial charge in [-0.1, -0.05) is 54.6 Å². The second kappa shape index (κ2) is 6.19. The van der Waals surface area contributed by atoms with Crippen LogP contribution in [0.5, 0.6) is 0 Å². The summed E-state index contributed by atoms with van der Waals surface area (Å²) in [5.41, 5.74) is 4.70. The maximum Gasteiger partial charge on any atom is 0.101 e. The average Bonchev–Trinajstić information content (AvgIpc) is 2.95. The van der Waals surface area contributed by atoms with Crippen LogP contribution in [-0.4, -0.2) is 0 Å². The summed E-state index contributed by atoms with van der Waals surface area (Å²) in [6.07, 6.45) is 2.67. The summed E-state index contributed by atoms with van der Waals surface area (Å²) in [4.78, 5) is 0. The van der Waals surface area contributed by atoms with Gasteiger partial charge in [-0.05, 0) is 36.1 Å². The summed E-state index contributed by atoms with van der Waals surface area (Å²) in [7, 11) is 0. The van der Waals surface area contributed by atoms with Crippen LogP contribution >= 0.6 is 11.6 Å². The number of rotatable bonds is 4. The van der Waals surface area contributed by atoms with Gasteiger partial charge < -0.3 is 4.42 Å². The van der Waals surface area contributed by atoms with Gasteiger partial charge in [-0.25, -0.2) is 0 Å². The minimum Gasteiger partial charge on any atom is -0.469 e. The van der Waals surface area contributed by atoms with Crippen LogP contribution in [0.3, 0.4) is 0 Å². The van der Waals surface area contributed by atoms with Crippen LogP contribution in [0.15, 0.2) is 71.3 Å². The number of alkyl halides is 1. The summed E-state index contributed by atoms with van der Waals surface area (Å²) in [5, 5.41) is -0.159. The van der Waals surface area contributed by atoms with Crippen LogP contribution in [0, 0.1) is 6.92 Å². The lowest BCUT2D eigenvalue weighted by Gasteiger charge is -2.09. The second-order valence-corrected chi connectivity index (χ2v) is 5.69. The molecular weight excluding hydrogens is 280 g/mol. The molecule has 2 heteroatoms. The van der Waals surface area contributed by atoms with Gasteiger partial charge in [0.2, 0.25) is 0 Å². The third kappa shape index (κ3) is 3.37. The standard InChI is InChI=1S/C19H17ClO/c1-14-11-18(13-21-14)19(20)17-9-7-16(8-10-17)12-15-5-3-2-4-6-15/h2-11,13,19H,12H2,1H3. The molecule has 0 saturated heterocycles. The highest BCUT2D eigenvalue weighted by molar-refractivity contribution is 6.22. The van der Waals surface area contributed by atoms with Crippen LogP contribution in [0.25, 0.3) is 0 Å².